The van der Waals surface area contributed by atoms with Crippen LogP contribution in [0.1, 0.15) is 37.0 Å². The van der Waals surface area contributed by atoms with E-state index in [-0.39, 0.29) is 16.2 Å². The molecule has 0 unspecified atom stereocenters. The number of aromatic carboxylic acids is 1. The molecule has 1 N–H and O–H groups in total. The van der Waals surface area contributed by atoms with E-state index in [1.54, 1.807) is 13.8 Å². The molecule has 0 spiro atoms. The fourth-order valence-electron chi connectivity index (χ4n) is 1.80. The zero-order valence-electron chi connectivity index (χ0n) is 11.8. The van der Waals surface area contributed by atoms with Gasteiger partial charge in [-0.1, -0.05) is 15.9 Å². The number of nitriles is 1. The van der Waals surface area contributed by atoms with Crippen LogP contribution in [0.25, 0.3) is 0 Å². The number of hydrogen-bond donors (Lipinski definition) is 1. The summed E-state index contributed by atoms with van der Waals surface area (Å²) < 4.78 is 25.1. The van der Waals surface area contributed by atoms with Crippen molar-refractivity contribution in [1.82, 2.24) is 0 Å². The lowest BCUT2D eigenvalue weighted by molar-refractivity contribution is 0.0692. The number of halogens is 1. The number of hydrogen-bond acceptors (Lipinski definition) is 4. The van der Waals surface area contributed by atoms with Crippen molar-refractivity contribution < 1.29 is 18.3 Å². The number of rotatable bonds is 6. The second kappa shape index (κ2) is 6.58. The van der Waals surface area contributed by atoms with Crippen molar-refractivity contribution in [3.63, 3.8) is 0 Å². The van der Waals surface area contributed by atoms with Gasteiger partial charge in [-0.2, -0.15) is 5.26 Å². The largest absolute Gasteiger partial charge is 0.478 e. The highest BCUT2D eigenvalue weighted by Gasteiger charge is 2.24. The third-order valence-corrected chi connectivity index (χ3v) is 5.35. The van der Waals surface area contributed by atoms with Crippen LogP contribution in [0.15, 0.2) is 27.6 Å². The van der Waals surface area contributed by atoms with Crippen molar-refractivity contribution in [1.29, 1.82) is 5.26 Å². The van der Waals surface area contributed by atoms with Crippen molar-refractivity contribution in [3.8, 4) is 6.07 Å². The Morgan fingerprint density at radius 1 is 1.43 bits per heavy atom. The average molecular weight is 374 g/mol. The van der Waals surface area contributed by atoms with Crippen LogP contribution in [-0.4, -0.2) is 25.2 Å². The van der Waals surface area contributed by atoms with E-state index in [4.69, 9.17) is 10.4 Å². The monoisotopic (exact) mass is 373 g/mol. The zero-order chi connectivity index (χ0) is 16.3. The molecule has 0 bridgehead atoms. The molecule has 0 atom stereocenters. The van der Waals surface area contributed by atoms with Gasteiger partial charge < -0.3 is 5.11 Å². The highest BCUT2D eigenvalue weighted by atomic mass is 79.9. The van der Waals surface area contributed by atoms with Crippen LogP contribution in [0.2, 0.25) is 0 Å². The topological polar surface area (TPSA) is 95.2 Å². The molecule has 5 nitrogen and oxygen atoms in total. The first-order valence-electron chi connectivity index (χ1n) is 6.26. The summed E-state index contributed by atoms with van der Waals surface area (Å²) in [5, 5.41) is 18.0. The van der Waals surface area contributed by atoms with Gasteiger partial charge in [0.15, 0.2) is 9.84 Å². The molecular formula is C14H16BrNO4S. The maximum Gasteiger partial charge on any atom is 0.337 e. The molecule has 21 heavy (non-hydrogen) atoms. The fraction of sp³-hybridized carbons (Fsp3) is 0.429. The van der Waals surface area contributed by atoms with Crippen LogP contribution in [0.3, 0.4) is 0 Å². The molecule has 0 heterocycles. The summed E-state index contributed by atoms with van der Waals surface area (Å²) in [5.41, 5.74) is -0.833. The molecular weight excluding hydrogens is 358 g/mol. The van der Waals surface area contributed by atoms with Crippen molar-refractivity contribution in [2.45, 2.75) is 31.6 Å². The first kappa shape index (κ1) is 17.7. The Hall–Kier alpha value is -1.39. The number of sulfone groups is 1. The van der Waals surface area contributed by atoms with Crippen LogP contribution in [0.4, 0.5) is 0 Å². The summed E-state index contributed by atoms with van der Waals surface area (Å²) in [6, 6.07) is 6.16. The second-order valence-corrected chi connectivity index (χ2v) is 8.36. The third-order valence-electron chi connectivity index (χ3n) is 3.03. The number of nitrogens with zero attached hydrogens (tertiary/aromatic N) is 1. The molecule has 0 fully saturated rings. The predicted molar refractivity (Wildman–Crippen MR) is 81.8 cm³/mol. The molecule has 1 rings (SSSR count). The zero-order valence-corrected chi connectivity index (χ0v) is 14.2. The number of carbonyl (C=O) groups is 1. The van der Waals surface area contributed by atoms with Crippen molar-refractivity contribution in [2.75, 3.05) is 5.75 Å². The maximum atomic E-state index is 12.3. The van der Waals surface area contributed by atoms with E-state index < -0.39 is 21.2 Å². The van der Waals surface area contributed by atoms with E-state index in [0.717, 1.165) is 0 Å². The standard InChI is InChI=1S/C14H16BrNO4S/c1-14(2,9-16)6-3-7-21(19,20)12-8-10(15)4-5-11(12)13(17)18/h4-5,8H,3,6-7H2,1-2H3,(H,17,18). The predicted octanol–water partition coefficient (Wildman–Crippen LogP) is 3.25. The van der Waals surface area contributed by atoms with Gasteiger partial charge in [0.25, 0.3) is 0 Å². The third kappa shape index (κ3) is 4.83. The lowest BCUT2D eigenvalue weighted by Crippen LogP contribution is -2.15. The highest BCUT2D eigenvalue weighted by Crippen LogP contribution is 2.26. The summed E-state index contributed by atoms with van der Waals surface area (Å²) >= 11 is 3.15. The maximum absolute atomic E-state index is 12.3. The first-order valence-corrected chi connectivity index (χ1v) is 8.70. The molecule has 1 aromatic rings. The quantitative estimate of drug-likeness (QED) is 0.825. The van der Waals surface area contributed by atoms with Gasteiger partial charge in [-0.05, 0) is 44.9 Å². The van der Waals surface area contributed by atoms with Crippen LogP contribution >= 0.6 is 15.9 Å². The first-order chi connectivity index (χ1) is 9.59. The summed E-state index contributed by atoms with van der Waals surface area (Å²) in [6.07, 6.45) is 0.730. The Balaban J connectivity index is 3.01. The minimum absolute atomic E-state index is 0.186. The lowest BCUT2D eigenvalue weighted by Gasteiger charge is -2.15. The van der Waals surface area contributed by atoms with Gasteiger partial charge in [0.1, 0.15) is 0 Å². The van der Waals surface area contributed by atoms with Gasteiger partial charge in [0, 0.05) is 4.47 Å². The average Bonchev–Trinajstić information content (AvgIpc) is 2.37. The molecule has 0 radical (unpaired) electrons. The molecule has 0 aliphatic heterocycles. The van der Waals surface area contributed by atoms with E-state index in [1.807, 2.05) is 0 Å². The van der Waals surface area contributed by atoms with E-state index in [9.17, 15) is 13.2 Å². The lowest BCUT2D eigenvalue weighted by atomic mass is 9.90. The number of carboxylic acids is 1. The van der Waals surface area contributed by atoms with Crippen LogP contribution in [-0.2, 0) is 9.84 Å². The normalized spacial score (nSPS) is 11.9. The Labute approximate surface area is 132 Å². The van der Waals surface area contributed by atoms with Gasteiger partial charge in [-0.25, -0.2) is 13.2 Å². The molecule has 0 aromatic heterocycles. The minimum Gasteiger partial charge on any atom is -0.478 e. The summed E-state index contributed by atoms with van der Waals surface area (Å²) in [7, 11) is -3.71. The van der Waals surface area contributed by atoms with E-state index in [1.165, 1.54) is 18.2 Å². The van der Waals surface area contributed by atoms with E-state index in [2.05, 4.69) is 22.0 Å². The second-order valence-electron chi connectivity index (χ2n) is 5.36. The molecule has 0 aliphatic rings. The minimum atomic E-state index is -3.71. The molecule has 0 aliphatic carbocycles. The Morgan fingerprint density at radius 3 is 2.57 bits per heavy atom. The molecule has 0 amide bonds. The summed E-state index contributed by atoms with van der Waals surface area (Å²) in [5.74, 6) is -1.46. The SMILES string of the molecule is CC(C)(C#N)CCCS(=O)(=O)c1cc(Br)ccc1C(=O)O. The van der Waals surface area contributed by atoms with E-state index in [0.29, 0.717) is 17.3 Å². The van der Waals surface area contributed by atoms with Gasteiger partial charge in [-0.15, -0.1) is 0 Å². The fourth-order valence-corrected chi connectivity index (χ4v) is 3.85. The van der Waals surface area contributed by atoms with Crippen molar-refractivity contribution in [2.24, 2.45) is 5.41 Å². The van der Waals surface area contributed by atoms with Crippen LogP contribution in [0.5, 0.6) is 0 Å². The van der Waals surface area contributed by atoms with Gasteiger partial charge in [-0.3, -0.25) is 0 Å². The Morgan fingerprint density at radius 2 is 2.05 bits per heavy atom. The molecule has 1 aromatic carbocycles. The van der Waals surface area contributed by atoms with Crippen LogP contribution in [0, 0.1) is 16.7 Å². The van der Waals surface area contributed by atoms with Gasteiger partial charge in [0.2, 0.25) is 0 Å². The van der Waals surface area contributed by atoms with Crippen LogP contribution < -0.4 is 0 Å². The highest BCUT2D eigenvalue weighted by molar-refractivity contribution is 9.10. The molecule has 114 valence electrons. The van der Waals surface area contributed by atoms with Gasteiger partial charge in [0.05, 0.1) is 27.7 Å². The Kier molecular flexibility index (Phi) is 5.54. The van der Waals surface area contributed by atoms with Crippen molar-refractivity contribution in [3.05, 3.63) is 28.2 Å². The smallest absolute Gasteiger partial charge is 0.337 e. The van der Waals surface area contributed by atoms with Crippen molar-refractivity contribution >= 4 is 31.7 Å². The number of carboxylic acid groups (broad SMARTS) is 1. The molecule has 0 saturated heterocycles. The van der Waals surface area contributed by atoms with E-state index >= 15 is 0 Å². The summed E-state index contributed by atoms with van der Waals surface area (Å²) in [4.78, 5) is 10.9. The van der Waals surface area contributed by atoms with Gasteiger partial charge >= 0.3 is 5.97 Å². The number of benzene rings is 1. The molecule has 0 saturated carbocycles. The Bertz CT molecular complexity index is 689. The summed E-state index contributed by atoms with van der Waals surface area (Å²) in [6.45, 7) is 3.48. The molecule has 7 heteroatoms.